The summed E-state index contributed by atoms with van der Waals surface area (Å²) in [4.78, 5) is 33.3. The Morgan fingerprint density at radius 2 is 2.19 bits per heavy atom. The summed E-state index contributed by atoms with van der Waals surface area (Å²) >= 11 is 0. The molecular weight excluding hydrogens is 266 g/mol. The Labute approximate surface area is 122 Å². The zero-order chi connectivity index (χ0) is 14.8. The van der Waals surface area contributed by atoms with Crippen LogP contribution in [0.3, 0.4) is 0 Å². The molecule has 2 aromatic rings. The maximum Gasteiger partial charge on any atom is 0.261 e. The van der Waals surface area contributed by atoms with Crippen LogP contribution in [0.4, 0.5) is 0 Å². The van der Waals surface area contributed by atoms with Crippen LogP contribution in [-0.4, -0.2) is 33.4 Å². The Kier molecular flexibility index (Phi) is 3.56. The molecule has 1 N–H and O–H groups in total. The zero-order valence-electron chi connectivity index (χ0n) is 11.9. The third-order valence-electron chi connectivity index (χ3n) is 3.89. The summed E-state index contributed by atoms with van der Waals surface area (Å²) in [6.45, 7) is 2.74. The average Bonchev–Trinajstić information content (AvgIpc) is 2.93. The van der Waals surface area contributed by atoms with Crippen molar-refractivity contribution in [3.05, 3.63) is 52.4 Å². The fourth-order valence-corrected chi connectivity index (χ4v) is 2.70. The van der Waals surface area contributed by atoms with Crippen LogP contribution in [0.15, 0.2) is 41.3 Å². The van der Waals surface area contributed by atoms with E-state index in [1.54, 1.807) is 23.2 Å². The molecule has 0 saturated carbocycles. The number of nitrogens with zero attached hydrogens (tertiary/aromatic N) is 2. The lowest BCUT2D eigenvalue weighted by molar-refractivity contribution is 0.0745. The van der Waals surface area contributed by atoms with Gasteiger partial charge in [0.1, 0.15) is 5.56 Å². The van der Waals surface area contributed by atoms with Crippen LogP contribution in [-0.2, 0) is 0 Å². The number of hydrogen-bond acceptors (Lipinski definition) is 3. The standard InChI is InChI=1S/C16H17N3O2/c1-11-5-4-10-19(11)16(21)12-7-8-14(18-15(12)20)13-6-2-3-9-17-13/h2-3,6-9,11H,4-5,10H2,1H3,(H,18,20)/t11-/m0/s1. The molecule has 0 aromatic carbocycles. The minimum absolute atomic E-state index is 0.186. The minimum Gasteiger partial charge on any atom is -0.336 e. The highest BCUT2D eigenvalue weighted by Crippen LogP contribution is 2.19. The first-order valence-corrected chi connectivity index (χ1v) is 7.12. The van der Waals surface area contributed by atoms with Gasteiger partial charge in [-0.25, -0.2) is 0 Å². The molecule has 2 aromatic heterocycles. The SMILES string of the molecule is C[C@H]1CCCN1C(=O)c1ccc(-c2ccccn2)[nH]c1=O. The van der Waals surface area contributed by atoms with Crippen molar-refractivity contribution >= 4 is 5.91 Å². The summed E-state index contributed by atoms with van der Waals surface area (Å²) in [6.07, 6.45) is 3.66. The number of aromatic nitrogens is 2. The Balaban J connectivity index is 1.92. The van der Waals surface area contributed by atoms with Gasteiger partial charge < -0.3 is 9.88 Å². The summed E-state index contributed by atoms with van der Waals surface area (Å²) in [5, 5.41) is 0. The van der Waals surface area contributed by atoms with Crippen LogP contribution in [0, 0.1) is 0 Å². The first-order valence-electron chi connectivity index (χ1n) is 7.12. The van der Waals surface area contributed by atoms with Gasteiger partial charge in [0, 0.05) is 18.8 Å². The molecule has 1 amide bonds. The molecule has 5 nitrogen and oxygen atoms in total. The van der Waals surface area contributed by atoms with Crippen molar-refractivity contribution in [3.8, 4) is 11.4 Å². The van der Waals surface area contributed by atoms with Gasteiger partial charge in [0.15, 0.2) is 0 Å². The number of carbonyl (C=O) groups excluding carboxylic acids is 1. The van der Waals surface area contributed by atoms with Crippen LogP contribution in [0.2, 0.25) is 0 Å². The molecule has 1 fully saturated rings. The molecule has 1 saturated heterocycles. The molecule has 0 aliphatic carbocycles. The molecule has 1 aliphatic heterocycles. The van der Waals surface area contributed by atoms with Gasteiger partial charge >= 0.3 is 0 Å². The van der Waals surface area contributed by atoms with E-state index in [1.165, 1.54) is 0 Å². The number of rotatable bonds is 2. The van der Waals surface area contributed by atoms with Gasteiger partial charge in [-0.2, -0.15) is 0 Å². The first kappa shape index (κ1) is 13.5. The highest BCUT2D eigenvalue weighted by atomic mass is 16.2. The van der Waals surface area contributed by atoms with E-state index in [-0.39, 0.29) is 23.1 Å². The summed E-state index contributed by atoms with van der Waals surface area (Å²) < 4.78 is 0. The smallest absolute Gasteiger partial charge is 0.261 e. The van der Waals surface area contributed by atoms with Gasteiger partial charge in [0.25, 0.3) is 11.5 Å². The number of pyridine rings is 2. The monoisotopic (exact) mass is 283 g/mol. The van der Waals surface area contributed by atoms with Crippen LogP contribution < -0.4 is 5.56 Å². The van der Waals surface area contributed by atoms with E-state index < -0.39 is 0 Å². The summed E-state index contributed by atoms with van der Waals surface area (Å²) in [7, 11) is 0. The highest BCUT2D eigenvalue weighted by Gasteiger charge is 2.27. The predicted octanol–water partition coefficient (Wildman–Crippen LogP) is 2.06. The molecule has 5 heteroatoms. The fourth-order valence-electron chi connectivity index (χ4n) is 2.70. The summed E-state index contributed by atoms with van der Waals surface area (Å²) in [5.74, 6) is -0.186. The van der Waals surface area contributed by atoms with Crippen molar-refractivity contribution in [2.45, 2.75) is 25.8 Å². The molecule has 3 heterocycles. The second kappa shape index (κ2) is 5.52. The number of H-pyrrole nitrogens is 1. The topological polar surface area (TPSA) is 66.1 Å². The van der Waals surface area contributed by atoms with Gasteiger partial charge in [-0.1, -0.05) is 6.07 Å². The van der Waals surface area contributed by atoms with Crippen molar-refractivity contribution in [2.24, 2.45) is 0 Å². The molecule has 1 aliphatic rings. The van der Waals surface area contributed by atoms with Crippen molar-refractivity contribution in [2.75, 3.05) is 6.54 Å². The van der Waals surface area contributed by atoms with Gasteiger partial charge in [-0.15, -0.1) is 0 Å². The molecule has 0 unspecified atom stereocenters. The Morgan fingerprint density at radius 3 is 2.81 bits per heavy atom. The van der Waals surface area contributed by atoms with Gasteiger partial charge in [0.05, 0.1) is 11.4 Å². The van der Waals surface area contributed by atoms with Gasteiger partial charge in [-0.3, -0.25) is 14.6 Å². The maximum atomic E-state index is 12.4. The molecule has 0 radical (unpaired) electrons. The Morgan fingerprint density at radius 1 is 1.33 bits per heavy atom. The van der Waals surface area contributed by atoms with Crippen LogP contribution in [0.5, 0.6) is 0 Å². The van der Waals surface area contributed by atoms with E-state index in [1.807, 2.05) is 25.1 Å². The normalized spacial score (nSPS) is 18.0. The largest absolute Gasteiger partial charge is 0.336 e. The van der Waals surface area contributed by atoms with Crippen molar-refractivity contribution in [1.82, 2.24) is 14.9 Å². The molecule has 3 rings (SSSR count). The van der Waals surface area contributed by atoms with Crippen LogP contribution >= 0.6 is 0 Å². The molecule has 21 heavy (non-hydrogen) atoms. The Bertz CT molecular complexity index is 709. The number of nitrogens with one attached hydrogen (secondary N) is 1. The number of hydrogen-bond donors (Lipinski definition) is 1. The van der Waals surface area contributed by atoms with E-state index >= 15 is 0 Å². The van der Waals surface area contributed by atoms with Crippen LogP contribution in [0.1, 0.15) is 30.1 Å². The van der Waals surface area contributed by atoms with Crippen LogP contribution in [0.25, 0.3) is 11.4 Å². The fraction of sp³-hybridized carbons (Fsp3) is 0.312. The lowest BCUT2D eigenvalue weighted by Gasteiger charge is -2.20. The first-order chi connectivity index (χ1) is 10.2. The van der Waals surface area contributed by atoms with Gasteiger partial charge in [0.2, 0.25) is 0 Å². The second-order valence-electron chi connectivity index (χ2n) is 5.32. The average molecular weight is 283 g/mol. The van der Waals surface area contributed by atoms with E-state index in [2.05, 4.69) is 9.97 Å². The number of carbonyl (C=O) groups is 1. The second-order valence-corrected chi connectivity index (χ2v) is 5.32. The molecular formula is C16H17N3O2. The highest BCUT2D eigenvalue weighted by molar-refractivity contribution is 5.94. The van der Waals surface area contributed by atoms with Crippen molar-refractivity contribution in [1.29, 1.82) is 0 Å². The summed E-state index contributed by atoms with van der Waals surface area (Å²) in [5.41, 5.74) is 1.14. The van der Waals surface area contributed by atoms with E-state index in [0.29, 0.717) is 11.4 Å². The quantitative estimate of drug-likeness (QED) is 0.917. The summed E-state index contributed by atoms with van der Waals surface area (Å²) in [6, 6.07) is 9.01. The lowest BCUT2D eigenvalue weighted by atomic mass is 10.1. The molecule has 0 spiro atoms. The molecule has 0 bridgehead atoms. The van der Waals surface area contributed by atoms with Gasteiger partial charge in [-0.05, 0) is 44.0 Å². The number of aromatic amines is 1. The molecule has 108 valence electrons. The molecule has 1 atom stereocenters. The minimum atomic E-state index is -0.359. The maximum absolute atomic E-state index is 12.4. The number of likely N-dealkylation sites (tertiary alicyclic amines) is 1. The lowest BCUT2D eigenvalue weighted by Crippen LogP contribution is -2.36. The zero-order valence-corrected chi connectivity index (χ0v) is 11.9. The van der Waals surface area contributed by atoms with E-state index in [4.69, 9.17) is 0 Å². The predicted molar refractivity (Wildman–Crippen MR) is 80.0 cm³/mol. The van der Waals surface area contributed by atoms with Crippen molar-refractivity contribution in [3.63, 3.8) is 0 Å². The van der Waals surface area contributed by atoms with Crippen molar-refractivity contribution < 1.29 is 4.79 Å². The number of amides is 1. The third-order valence-corrected chi connectivity index (χ3v) is 3.89. The Hall–Kier alpha value is -2.43. The third kappa shape index (κ3) is 2.59. The van der Waals surface area contributed by atoms with E-state index in [9.17, 15) is 9.59 Å². The van der Waals surface area contributed by atoms with E-state index in [0.717, 1.165) is 19.4 Å².